The third-order valence-electron chi connectivity index (χ3n) is 3.13. The second-order valence-corrected chi connectivity index (χ2v) is 5.72. The number of amides is 1. The topological polar surface area (TPSA) is 47.6 Å². The predicted octanol–water partition coefficient (Wildman–Crippen LogP) is 1.93. The van der Waals surface area contributed by atoms with Crippen LogP contribution in [0.2, 0.25) is 0 Å². The lowest BCUT2D eigenvalue weighted by atomic mass is 10.2. The number of benzene rings is 1. The zero-order valence-electron chi connectivity index (χ0n) is 9.98. The van der Waals surface area contributed by atoms with Gasteiger partial charge >= 0.3 is 0 Å². The van der Waals surface area contributed by atoms with E-state index in [1.165, 1.54) is 0 Å². The molecule has 2 aliphatic heterocycles. The van der Waals surface area contributed by atoms with Crippen molar-refractivity contribution in [3.63, 3.8) is 0 Å². The summed E-state index contributed by atoms with van der Waals surface area (Å²) >= 11 is 1.75. The van der Waals surface area contributed by atoms with Crippen molar-refractivity contribution < 1.29 is 14.3 Å². The Kier molecular flexibility index (Phi) is 3.32. The molecule has 0 aliphatic carbocycles. The van der Waals surface area contributed by atoms with Crippen molar-refractivity contribution in [3.05, 3.63) is 23.8 Å². The van der Waals surface area contributed by atoms with Crippen molar-refractivity contribution >= 4 is 17.7 Å². The first kappa shape index (κ1) is 11.7. The maximum Gasteiger partial charge on any atom is 0.233 e. The fraction of sp³-hybridized carbons (Fsp3) is 0.462. The van der Waals surface area contributed by atoms with Crippen LogP contribution in [0.4, 0.5) is 0 Å². The highest BCUT2D eigenvalue weighted by atomic mass is 32.2. The highest BCUT2D eigenvalue weighted by Crippen LogP contribution is 2.32. The summed E-state index contributed by atoms with van der Waals surface area (Å²) in [4.78, 5) is 11.9. The first-order valence-corrected chi connectivity index (χ1v) is 7.15. The minimum absolute atomic E-state index is 0.138. The molecule has 0 aromatic heterocycles. The Labute approximate surface area is 110 Å². The Balaban J connectivity index is 1.58. The average molecular weight is 265 g/mol. The van der Waals surface area contributed by atoms with Gasteiger partial charge in [0.2, 0.25) is 12.7 Å². The molecule has 1 amide bonds. The van der Waals surface area contributed by atoms with E-state index >= 15 is 0 Å². The molecule has 3 rings (SSSR count). The lowest BCUT2D eigenvalue weighted by Crippen LogP contribution is -2.30. The molecule has 1 saturated heterocycles. The number of carbonyl (C=O) groups is 1. The molecular weight excluding hydrogens is 250 g/mol. The molecule has 1 N–H and O–H groups in total. The second kappa shape index (κ2) is 5.10. The largest absolute Gasteiger partial charge is 0.454 e. The summed E-state index contributed by atoms with van der Waals surface area (Å²) in [6.45, 7) is 0.830. The van der Waals surface area contributed by atoms with Crippen molar-refractivity contribution in [1.29, 1.82) is 0 Å². The quantitative estimate of drug-likeness (QED) is 0.907. The van der Waals surface area contributed by atoms with Gasteiger partial charge in [0.05, 0.1) is 5.25 Å². The van der Waals surface area contributed by atoms with E-state index in [4.69, 9.17) is 9.47 Å². The maximum absolute atomic E-state index is 11.9. The average Bonchev–Trinajstić information content (AvgIpc) is 3.05. The van der Waals surface area contributed by atoms with E-state index in [0.717, 1.165) is 35.7 Å². The Morgan fingerprint density at radius 3 is 3.11 bits per heavy atom. The predicted molar refractivity (Wildman–Crippen MR) is 69.9 cm³/mol. The number of carbonyl (C=O) groups excluding carboxylic acids is 1. The molecule has 0 saturated carbocycles. The van der Waals surface area contributed by atoms with E-state index in [-0.39, 0.29) is 18.0 Å². The van der Waals surface area contributed by atoms with Gasteiger partial charge in [-0.3, -0.25) is 4.79 Å². The molecule has 4 nitrogen and oxygen atoms in total. The standard InChI is InChI=1S/C13H15NO3S/c15-13(12-2-1-5-18-12)14-7-9-3-4-10-11(6-9)17-8-16-10/h3-4,6,12H,1-2,5,7-8H2,(H,14,15). The second-order valence-electron chi connectivity index (χ2n) is 4.41. The van der Waals surface area contributed by atoms with Crippen LogP contribution in [0.15, 0.2) is 18.2 Å². The van der Waals surface area contributed by atoms with Gasteiger partial charge in [0.25, 0.3) is 0 Å². The van der Waals surface area contributed by atoms with Gasteiger partial charge < -0.3 is 14.8 Å². The lowest BCUT2D eigenvalue weighted by Gasteiger charge is -2.10. The van der Waals surface area contributed by atoms with Crippen molar-refractivity contribution in [1.82, 2.24) is 5.32 Å². The van der Waals surface area contributed by atoms with Crippen LogP contribution in [0, 0.1) is 0 Å². The third-order valence-corrected chi connectivity index (χ3v) is 4.50. The van der Waals surface area contributed by atoms with E-state index in [2.05, 4.69) is 5.32 Å². The number of fused-ring (bicyclic) bond motifs is 1. The Hall–Kier alpha value is -1.36. The van der Waals surface area contributed by atoms with Crippen molar-refractivity contribution in [2.45, 2.75) is 24.6 Å². The number of rotatable bonds is 3. The molecule has 1 fully saturated rings. The van der Waals surface area contributed by atoms with Gasteiger partial charge in [-0.1, -0.05) is 6.07 Å². The van der Waals surface area contributed by atoms with Crippen LogP contribution in [0.1, 0.15) is 18.4 Å². The summed E-state index contributed by atoms with van der Waals surface area (Å²) in [5.74, 6) is 2.78. The number of hydrogen-bond donors (Lipinski definition) is 1. The SMILES string of the molecule is O=C(NCc1ccc2c(c1)OCO2)C1CCCS1. The molecule has 1 unspecified atom stereocenters. The smallest absolute Gasteiger partial charge is 0.233 e. The molecule has 1 aromatic rings. The Morgan fingerprint density at radius 2 is 2.28 bits per heavy atom. The zero-order valence-corrected chi connectivity index (χ0v) is 10.8. The van der Waals surface area contributed by atoms with E-state index in [1.54, 1.807) is 11.8 Å². The normalized spacial score (nSPS) is 21.0. The van der Waals surface area contributed by atoms with E-state index < -0.39 is 0 Å². The molecule has 96 valence electrons. The molecule has 1 aromatic carbocycles. The van der Waals surface area contributed by atoms with Crippen LogP contribution >= 0.6 is 11.8 Å². The van der Waals surface area contributed by atoms with Crippen LogP contribution in [0.3, 0.4) is 0 Å². The summed E-state index contributed by atoms with van der Waals surface area (Å²) in [5.41, 5.74) is 1.04. The molecule has 5 heteroatoms. The summed E-state index contributed by atoms with van der Waals surface area (Å²) < 4.78 is 10.6. The van der Waals surface area contributed by atoms with Crippen LogP contribution in [-0.2, 0) is 11.3 Å². The Bertz CT molecular complexity index is 458. The fourth-order valence-corrected chi connectivity index (χ4v) is 3.32. The van der Waals surface area contributed by atoms with Gasteiger partial charge in [0, 0.05) is 6.54 Å². The third kappa shape index (κ3) is 2.41. The molecule has 2 aliphatic rings. The van der Waals surface area contributed by atoms with E-state index in [1.807, 2.05) is 18.2 Å². The van der Waals surface area contributed by atoms with E-state index in [0.29, 0.717) is 6.54 Å². The minimum atomic E-state index is 0.138. The van der Waals surface area contributed by atoms with Gasteiger partial charge in [-0.15, -0.1) is 11.8 Å². The highest BCUT2D eigenvalue weighted by Gasteiger charge is 2.23. The van der Waals surface area contributed by atoms with Crippen LogP contribution in [0.5, 0.6) is 11.5 Å². The molecule has 0 spiro atoms. The molecule has 0 radical (unpaired) electrons. The van der Waals surface area contributed by atoms with Gasteiger partial charge in [-0.2, -0.15) is 0 Å². The number of nitrogens with one attached hydrogen (secondary N) is 1. The van der Waals surface area contributed by atoms with Crippen molar-refractivity contribution in [3.8, 4) is 11.5 Å². The monoisotopic (exact) mass is 265 g/mol. The fourth-order valence-electron chi connectivity index (χ4n) is 2.14. The first-order valence-electron chi connectivity index (χ1n) is 6.11. The molecular formula is C13H15NO3S. The zero-order chi connectivity index (χ0) is 12.4. The van der Waals surface area contributed by atoms with Crippen LogP contribution < -0.4 is 14.8 Å². The first-order chi connectivity index (χ1) is 8.83. The van der Waals surface area contributed by atoms with Gasteiger partial charge in [0.15, 0.2) is 11.5 Å². The highest BCUT2D eigenvalue weighted by molar-refractivity contribution is 8.00. The lowest BCUT2D eigenvalue weighted by molar-refractivity contribution is -0.120. The summed E-state index contributed by atoms with van der Waals surface area (Å²) in [6.07, 6.45) is 2.14. The van der Waals surface area contributed by atoms with Crippen molar-refractivity contribution in [2.75, 3.05) is 12.5 Å². The maximum atomic E-state index is 11.9. The van der Waals surface area contributed by atoms with Gasteiger partial charge in [-0.25, -0.2) is 0 Å². The molecule has 1 atom stereocenters. The summed E-state index contributed by atoms with van der Waals surface area (Å²) in [5, 5.41) is 3.11. The summed E-state index contributed by atoms with van der Waals surface area (Å²) in [7, 11) is 0. The van der Waals surface area contributed by atoms with Crippen molar-refractivity contribution in [2.24, 2.45) is 0 Å². The number of thioether (sulfide) groups is 1. The molecule has 2 heterocycles. The minimum Gasteiger partial charge on any atom is -0.454 e. The van der Waals surface area contributed by atoms with Gasteiger partial charge in [0.1, 0.15) is 0 Å². The number of hydrogen-bond acceptors (Lipinski definition) is 4. The van der Waals surface area contributed by atoms with Gasteiger partial charge in [-0.05, 0) is 36.3 Å². The van der Waals surface area contributed by atoms with Crippen LogP contribution in [-0.4, -0.2) is 23.7 Å². The molecule has 18 heavy (non-hydrogen) atoms. The number of ether oxygens (including phenoxy) is 2. The van der Waals surface area contributed by atoms with E-state index in [9.17, 15) is 4.79 Å². The van der Waals surface area contributed by atoms with Crippen LogP contribution in [0.25, 0.3) is 0 Å². The molecule has 0 bridgehead atoms. The Morgan fingerprint density at radius 1 is 1.39 bits per heavy atom. The summed E-state index contributed by atoms with van der Waals surface area (Å²) in [6, 6.07) is 5.76.